The van der Waals surface area contributed by atoms with Crippen molar-refractivity contribution in [1.82, 2.24) is 0 Å². The maximum absolute atomic E-state index is 12.4. The molecule has 18 heavy (non-hydrogen) atoms. The van der Waals surface area contributed by atoms with Crippen LogP contribution < -0.4 is 10.2 Å². The number of benzene rings is 2. The average molecular weight is 256 g/mol. The monoisotopic (exact) mass is 256 g/mol. The van der Waals surface area contributed by atoms with Crippen LogP contribution >= 0.6 is 11.3 Å². The summed E-state index contributed by atoms with van der Waals surface area (Å²) in [6, 6.07) is 11.6. The van der Waals surface area contributed by atoms with Gasteiger partial charge in [0.25, 0.3) is 0 Å². The molecule has 1 heterocycles. The number of hydrogen-bond acceptors (Lipinski definition) is 3. The normalized spacial score (nSPS) is 11.0. The average Bonchev–Trinajstić information content (AvgIpc) is 2.38. The molecule has 0 aliphatic rings. The van der Waals surface area contributed by atoms with E-state index in [1.165, 1.54) is 0 Å². The van der Waals surface area contributed by atoms with Crippen molar-refractivity contribution in [3.63, 3.8) is 0 Å². The molecule has 90 valence electrons. The van der Waals surface area contributed by atoms with Crippen LogP contribution in [0.15, 0.2) is 41.2 Å². The van der Waals surface area contributed by atoms with E-state index in [0.29, 0.717) is 0 Å². The Labute approximate surface area is 108 Å². The highest BCUT2D eigenvalue weighted by Gasteiger charge is 2.08. The second-order valence-electron chi connectivity index (χ2n) is 4.25. The van der Waals surface area contributed by atoms with Crippen molar-refractivity contribution in [2.24, 2.45) is 0 Å². The van der Waals surface area contributed by atoms with E-state index in [9.17, 15) is 4.79 Å². The first kappa shape index (κ1) is 11.2. The van der Waals surface area contributed by atoms with Crippen LogP contribution in [0.2, 0.25) is 0 Å². The van der Waals surface area contributed by atoms with Crippen LogP contribution in [0, 0.1) is 6.92 Å². The van der Waals surface area contributed by atoms with Gasteiger partial charge in [-0.1, -0.05) is 12.1 Å². The highest BCUT2D eigenvalue weighted by Crippen LogP contribution is 2.29. The summed E-state index contributed by atoms with van der Waals surface area (Å²) in [5, 5.41) is 1.52. The Balaban J connectivity index is 2.52. The second-order valence-corrected chi connectivity index (χ2v) is 5.33. The Morgan fingerprint density at radius 1 is 1.06 bits per heavy atom. The molecule has 0 amide bonds. The molecule has 1 aromatic heterocycles. The number of rotatable bonds is 1. The molecule has 0 aliphatic carbocycles. The lowest BCUT2D eigenvalue weighted by Crippen LogP contribution is -2.01. The van der Waals surface area contributed by atoms with Crippen molar-refractivity contribution in [2.75, 3.05) is 7.11 Å². The first-order chi connectivity index (χ1) is 8.70. The minimum absolute atomic E-state index is 0.0812. The van der Waals surface area contributed by atoms with Gasteiger partial charge >= 0.3 is 0 Å². The minimum Gasteiger partial charge on any atom is -0.496 e. The lowest BCUT2D eigenvalue weighted by Gasteiger charge is -2.07. The highest BCUT2D eigenvalue weighted by molar-refractivity contribution is 7.24. The van der Waals surface area contributed by atoms with Crippen molar-refractivity contribution in [1.29, 1.82) is 0 Å². The van der Waals surface area contributed by atoms with Gasteiger partial charge in [-0.3, -0.25) is 4.79 Å². The van der Waals surface area contributed by atoms with Gasteiger partial charge in [0.1, 0.15) is 5.75 Å². The van der Waals surface area contributed by atoms with Gasteiger partial charge in [-0.2, -0.15) is 0 Å². The molecule has 0 fully saturated rings. The van der Waals surface area contributed by atoms with Crippen molar-refractivity contribution in [3.05, 3.63) is 52.2 Å². The fourth-order valence-corrected chi connectivity index (χ4v) is 3.30. The standard InChI is InChI=1S/C15H12O2S/c1-9-7-14-11(8-12(9)17-2)15(16)10-5-3-4-6-13(10)18-14/h3-8H,1-2H3. The van der Waals surface area contributed by atoms with Gasteiger partial charge in [0.2, 0.25) is 0 Å². The predicted molar refractivity (Wildman–Crippen MR) is 76.9 cm³/mol. The first-order valence-corrected chi connectivity index (χ1v) is 6.52. The smallest absolute Gasteiger partial charge is 0.196 e. The largest absolute Gasteiger partial charge is 0.496 e. The van der Waals surface area contributed by atoms with Crippen LogP contribution in [0.5, 0.6) is 5.75 Å². The molecule has 0 spiro atoms. The van der Waals surface area contributed by atoms with E-state index in [4.69, 9.17) is 4.74 Å². The molecule has 0 bridgehead atoms. The molecule has 3 rings (SSSR count). The lowest BCUT2D eigenvalue weighted by molar-refractivity contribution is 0.412. The van der Waals surface area contributed by atoms with Crippen molar-refractivity contribution in [2.45, 2.75) is 6.92 Å². The van der Waals surface area contributed by atoms with Gasteiger partial charge in [-0.05, 0) is 36.8 Å². The molecule has 3 aromatic rings. The number of fused-ring (bicyclic) bond motifs is 2. The predicted octanol–water partition coefficient (Wildman–Crippen LogP) is 3.73. The number of hydrogen-bond donors (Lipinski definition) is 0. The van der Waals surface area contributed by atoms with E-state index in [1.807, 2.05) is 43.3 Å². The zero-order chi connectivity index (χ0) is 12.7. The van der Waals surface area contributed by atoms with Crippen LogP contribution in [0.1, 0.15) is 5.56 Å². The Morgan fingerprint density at radius 2 is 1.83 bits per heavy atom. The van der Waals surface area contributed by atoms with Crippen LogP contribution in [0.3, 0.4) is 0 Å². The molecule has 0 saturated carbocycles. The summed E-state index contributed by atoms with van der Waals surface area (Å²) in [7, 11) is 1.63. The third-order valence-electron chi connectivity index (χ3n) is 3.09. The zero-order valence-electron chi connectivity index (χ0n) is 10.2. The zero-order valence-corrected chi connectivity index (χ0v) is 11.0. The number of methoxy groups -OCH3 is 1. The fourth-order valence-electron chi connectivity index (χ4n) is 2.15. The van der Waals surface area contributed by atoms with Crippen molar-refractivity contribution in [3.8, 4) is 5.75 Å². The van der Waals surface area contributed by atoms with Gasteiger partial charge in [0.15, 0.2) is 5.43 Å². The van der Waals surface area contributed by atoms with E-state index >= 15 is 0 Å². The van der Waals surface area contributed by atoms with Gasteiger partial charge in [0.05, 0.1) is 7.11 Å². The van der Waals surface area contributed by atoms with Crippen molar-refractivity contribution >= 4 is 31.5 Å². The van der Waals surface area contributed by atoms with Crippen LogP contribution in [-0.2, 0) is 0 Å². The summed E-state index contributed by atoms with van der Waals surface area (Å²) in [6.45, 7) is 1.99. The molecule has 3 heteroatoms. The number of ether oxygens (including phenoxy) is 1. The van der Waals surface area contributed by atoms with E-state index < -0.39 is 0 Å². The number of aryl methyl sites for hydroxylation is 1. The van der Waals surface area contributed by atoms with Crippen molar-refractivity contribution < 1.29 is 4.74 Å². The van der Waals surface area contributed by atoms with Crippen LogP contribution in [-0.4, -0.2) is 7.11 Å². The molecule has 0 aliphatic heterocycles. The van der Waals surface area contributed by atoms with Gasteiger partial charge in [-0.25, -0.2) is 0 Å². The minimum atomic E-state index is 0.0812. The van der Waals surface area contributed by atoms with Gasteiger partial charge in [-0.15, -0.1) is 11.3 Å². The molecule has 0 radical (unpaired) electrons. The topological polar surface area (TPSA) is 26.3 Å². The first-order valence-electron chi connectivity index (χ1n) is 5.71. The van der Waals surface area contributed by atoms with E-state index in [-0.39, 0.29) is 5.43 Å². The summed E-state index contributed by atoms with van der Waals surface area (Å²) < 4.78 is 7.32. The highest BCUT2D eigenvalue weighted by atomic mass is 32.1. The SMILES string of the molecule is COc1cc2c(=O)c3ccccc3sc2cc1C. The third-order valence-corrected chi connectivity index (χ3v) is 4.23. The maximum atomic E-state index is 12.4. The van der Waals surface area contributed by atoms with Crippen LogP contribution in [0.25, 0.3) is 20.2 Å². The summed E-state index contributed by atoms with van der Waals surface area (Å²) in [5.41, 5.74) is 1.13. The molecule has 0 unspecified atom stereocenters. The summed E-state index contributed by atoms with van der Waals surface area (Å²) in [5.74, 6) is 0.766. The van der Waals surface area contributed by atoms with Gasteiger partial charge in [0, 0.05) is 20.2 Å². The third kappa shape index (κ3) is 1.59. The van der Waals surface area contributed by atoms with Crippen LogP contribution in [0.4, 0.5) is 0 Å². The molecule has 0 atom stereocenters. The molecular weight excluding hydrogens is 244 g/mol. The fraction of sp³-hybridized carbons (Fsp3) is 0.133. The maximum Gasteiger partial charge on any atom is 0.196 e. The van der Waals surface area contributed by atoms with Gasteiger partial charge < -0.3 is 4.74 Å². The van der Waals surface area contributed by atoms with E-state index in [2.05, 4.69) is 0 Å². The lowest BCUT2D eigenvalue weighted by atomic mass is 10.1. The molecular formula is C15H12O2S. The Morgan fingerprint density at radius 3 is 2.61 bits per heavy atom. The summed E-state index contributed by atoms with van der Waals surface area (Å²) >= 11 is 1.64. The molecule has 2 nitrogen and oxygen atoms in total. The Bertz CT molecular complexity index is 803. The summed E-state index contributed by atoms with van der Waals surface area (Å²) in [6.07, 6.45) is 0. The van der Waals surface area contributed by atoms with E-state index in [0.717, 1.165) is 31.5 Å². The Hall–Kier alpha value is -1.87. The molecule has 2 aromatic carbocycles. The molecule has 0 N–H and O–H groups in total. The molecule has 0 saturated heterocycles. The Kier molecular flexibility index (Phi) is 2.56. The van der Waals surface area contributed by atoms with E-state index in [1.54, 1.807) is 18.4 Å². The summed E-state index contributed by atoms with van der Waals surface area (Å²) in [4.78, 5) is 12.4. The quantitative estimate of drug-likeness (QED) is 0.620. The second kappa shape index (κ2) is 4.10.